The van der Waals surface area contributed by atoms with E-state index in [-0.39, 0.29) is 28.7 Å². The molecule has 2 aromatic carbocycles. The van der Waals surface area contributed by atoms with E-state index in [1.165, 1.54) is 0 Å². The van der Waals surface area contributed by atoms with Gasteiger partial charge in [0.25, 0.3) is 5.56 Å². The maximum Gasteiger partial charge on any atom is 0.262 e. The quantitative estimate of drug-likeness (QED) is 0.228. The Balaban J connectivity index is 1.69. The molecule has 0 amide bonds. The fraction of sp³-hybridized carbons (Fsp3) is 0.250. The van der Waals surface area contributed by atoms with Gasteiger partial charge < -0.3 is 9.80 Å². The van der Waals surface area contributed by atoms with Gasteiger partial charge in [0, 0.05) is 25.2 Å². The lowest BCUT2D eigenvalue weighted by Crippen LogP contribution is -2.27. The molecule has 4 rings (SSSR count). The lowest BCUT2D eigenvalue weighted by Gasteiger charge is -2.20. The topological polar surface area (TPSA) is 82.2 Å². The number of nitriles is 1. The Kier molecular flexibility index (Phi) is 6.19. The summed E-state index contributed by atoms with van der Waals surface area (Å²) in [7, 11) is 3.67. The normalized spacial score (nSPS) is 12.9. The molecule has 0 unspecified atom stereocenters. The molecular formula is C24H22ClN5O2S. The molecule has 1 aromatic heterocycles. The Labute approximate surface area is 200 Å². The van der Waals surface area contributed by atoms with E-state index >= 15 is 0 Å². The number of carbonyl (C=O) groups excluding carboxylic acids is 1. The average molecular weight is 480 g/mol. The van der Waals surface area contributed by atoms with Gasteiger partial charge in [0.1, 0.15) is 17.5 Å². The average Bonchev–Trinajstić information content (AvgIpc) is 3.03. The fourth-order valence-electron chi connectivity index (χ4n) is 3.97. The first-order chi connectivity index (χ1) is 15.7. The van der Waals surface area contributed by atoms with Crippen molar-refractivity contribution in [3.8, 4) is 6.07 Å². The minimum absolute atomic E-state index is 0.0321. The lowest BCUT2D eigenvalue weighted by atomic mass is 10.2. The van der Waals surface area contributed by atoms with Crippen LogP contribution in [0, 0.1) is 11.3 Å². The van der Waals surface area contributed by atoms with Gasteiger partial charge >= 0.3 is 0 Å². The summed E-state index contributed by atoms with van der Waals surface area (Å²) in [5.41, 5.74) is 2.19. The number of carbonyl (C=O) groups is 1. The van der Waals surface area contributed by atoms with Crippen molar-refractivity contribution >= 4 is 51.4 Å². The zero-order chi connectivity index (χ0) is 23.9. The summed E-state index contributed by atoms with van der Waals surface area (Å²) in [6, 6.07) is 14.6. The summed E-state index contributed by atoms with van der Waals surface area (Å²) in [5, 5.41) is 11.2. The summed E-state index contributed by atoms with van der Waals surface area (Å²) in [5.74, 6) is 0.166. The number of aromatic nitrogens is 2. The van der Waals surface area contributed by atoms with Crippen LogP contribution < -0.4 is 15.4 Å². The largest absolute Gasteiger partial charge is 0.328 e. The molecule has 1 aliphatic rings. The third-order valence-corrected chi connectivity index (χ3v) is 6.72. The zero-order valence-corrected chi connectivity index (χ0v) is 20.2. The highest BCUT2D eigenvalue weighted by atomic mass is 35.5. The van der Waals surface area contributed by atoms with Crippen molar-refractivity contribution in [2.75, 3.05) is 29.6 Å². The van der Waals surface area contributed by atoms with E-state index in [2.05, 4.69) is 11.1 Å². The van der Waals surface area contributed by atoms with Crippen molar-refractivity contribution in [2.24, 2.45) is 0 Å². The fourth-order valence-corrected chi connectivity index (χ4v) is 5.13. The highest BCUT2D eigenvalue weighted by molar-refractivity contribution is 7.99. The second kappa shape index (κ2) is 8.93. The second-order valence-electron chi connectivity index (χ2n) is 7.95. The molecule has 0 spiro atoms. The van der Waals surface area contributed by atoms with Gasteiger partial charge in [-0.1, -0.05) is 35.5 Å². The van der Waals surface area contributed by atoms with E-state index in [4.69, 9.17) is 11.6 Å². The summed E-state index contributed by atoms with van der Waals surface area (Å²) in [6.45, 7) is 3.78. The molecule has 0 N–H and O–H groups in total. The van der Waals surface area contributed by atoms with Gasteiger partial charge in [-0.2, -0.15) is 5.26 Å². The minimum Gasteiger partial charge on any atom is -0.328 e. The molecule has 0 aliphatic carbocycles. The van der Waals surface area contributed by atoms with Crippen LogP contribution in [0.4, 0.5) is 11.4 Å². The number of allylic oxidation sites excluding steroid dienone is 1. The SMILES string of the molecule is CC(C)n1c(SCC(=O)C(C#N)=C2N(C)c3ccccc3N2C)nc2cc(Cl)ccc2c1=O. The summed E-state index contributed by atoms with van der Waals surface area (Å²) >= 11 is 7.23. The van der Waals surface area contributed by atoms with Crippen LogP contribution in [0.3, 0.4) is 0 Å². The van der Waals surface area contributed by atoms with Gasteiger partial charge in [-0.15, -0.1) is 0 Å². The molecule has 9 heteroatoms. The molecule has 0 saturated carbocycles. The number of Topliss-reactive ketones (excluding diaryl/α,β-unsaturated/α-hetero) is 1. The van der Waals surface area contributed by atoms with E-state index in [0.29, 0.717) is 26.9 Å². The van der Waals surface area contributed by atoms with Crippen molar-refractivity contribution in [1.82, 2.24) is 9.55 Å². The van der Waals surface area contributed by atoms with Crippen LogP contribution in [-0.2, 0) is 4.79 Å². The van der Waals surface area contributed by atoms with Crippen molar-refractivity contribution in [3.63, 3.8) is 0 Å². The molecule has 168 valence electrons. The number of hydrogen-bond acceptors (Lipinski definition) is 7. The number of nitrogens with zero attached hydrogens (tertiary/aromatic N) is 5. The number of halogens is 1. The van der Waals surface area contributed by atoms with E-state index in [1.54, 1.807) is 22.8 Å². The highest BCUT2D eigenvalue weighted by Gasteiger charge is 2.31. The van der Waals surface area contributed by atoms with Crippen molar-refractivity contribution in [1.29, 1.82) is 5.26 Å². The van der Waals surface area contributed by atoms with E-state index in [1.807, 2.05) is 62.0 Å². The Bertz CT molecular complexity index is 1380. The first-order valence-corrected chi connectivity index (χ1v) is 11.7. The maximum atomic E-state index is 13.2. The molecular weight excluding hydrogens is 458 g/mol. The number of benzene rings is 2. The van der Waals surface area contributed by atoms with Gasteiger partial charge in [-0.05, 0) is 44.2 Å². The first-order valence-electron chi connectivity index (χ1n) is 10.3. The van der Waals surface area contributed by atoms with Gasteiger partial charge in [-0.3, -0.25) is 14.2 Å². The number of thioether (sulfide) groups is 1. The molecule has 0 bridgehead atoms. The Hall–Kier alpha value is -3.28. The van der Waals surface area contributed by atoms with Gasteiger partial charge in [0.2, 0.25) is 0 Å². The molecule has 0 radical (unpaired) electrons. The molecule has 7 nitrogen and oxygen atoms in total. The minimum atomic E-state index is -0.334. The monoisotopic (exact) mass is 479 g/mol. The van der Waals surface area contributed by atoms with E-state index in [0.717, 1.165) is 23.1 Å². The maximum absolute atomic E-state index is 13.2. The summed E-state index contributed by atoms with van der Waals surface area (Å²) in [4.78, 5) is 34.5. The standard InChI is InChI=1S/C24H22ClN5O2S/c1-14(2)30-23(32)16-10-9-15(25)11-18(16)27-24(30)33-13-21(31)17(12-26)22-28(3)19-7-5-6-8-20(19)29(22)4/h5-11,14H,13H2,1-4H3. The zero-order valence-electron chi connectivity index (χ0n) is 18.7. The van der Waals surface area contributed by atoms with Crippen molar-refractivity contribution < 1.29 is 4.79 Å². The first kappa shape index (κ1) is 22.9. The molecule has 0 saturated heterocycles. The van der Waals surface area contributed by atoms with Crippen LogP contribution in [0.5, 0.6) is 0 Å². The molecule has 2 heterocycles. The van der Waals surface area contributed by atoms with Crippen LogP contribution in [-0.4, -0.2) is 35.2 Å². The Morgan fingerprint density at radius 2 is 1.79 bits per heavy atom. The van der Waals surface area contributed by atoms with Gasteiger partial charge in [-0.25, -0.2) is 4.98 Å². The van der Waals surface area contributed by atoms with Crippen LogP contribution in [0.1, 0.15) is 19.9 Å². The third kappa shape index (κ3) is 3.99. The molecule has 33 heavy (non-hydrogen) atoms. The molecule has 1 aliphatic heterocycles. The number of fused-ring (bicyclic) bond motifs is 2. The molecule has 0 fully saturated rings. The Morgan fingerprint density at radius 1 is 1.15 bits per heavy atom. The van der Waals surface area contributed by atoms with Crippen LogP contribution >= 0.6 is 23.4 Å². The number of rotatable bonds is 5. The predicted octanol–water partition coefficient (Wildman–Crippen LogP) is 4.61. The molecule has 3 aromatic rings. The summed E-state index contributed by atoms with van der Waals surface area (Å²) < 4.78 is 1.57. The number of hydrogen-bond donors (Lipinski definition) is 0. The number of ketones is 1. The summed E-state index contributed by atoms with van der Waals surface area (Å²) in [6.07, 6.45) is 0. The van der Waals surface area contributed by atoms with Gasteiger partial charge in [0.15, 0.2) is 10.9 Å². The van der Waals surface area contributed by atoms with Crippen molar-refractivity contribution in [3.05, 3.63) is 69.2 Å². The van der Waals surface area contributed by atoms with Crippen LogP contribution in [0.2, 0.25) is 5.02 Å². The second-order valence-corrected chi connectivity index (χ2v) is 9.33. The molecule has 0 atom stereocenters. The highest BCUT2D eigenvalue weighted by Crippen LogP contribution is 2.40. The number of anilines is 2. The predicted molar refractivity (Wildman–Crippen MR) is 133 cm³/mol. The van der Waals surface area contributed by atoms with Crippen molar-refractivity contribution in [2.45, 2.75) is 25.0 Å². The lowest BCUT2D eigenvalue weighted by molar-refractivity contribution is -0.112. The van der Waals surface area contributed by atoms with E-state index < -0.39 is 0 Å². The Morgan fingerprint density at radius 3 is 2.36 bits per heavy atom. The smallest absolute Gasteiger partial charge is 0.262 e. The number of para-hydroxylation sites is 2. The van der Waals surface area contributed by atoms with E-state index in [9.17, 15) is 14.9 Å². The van der Waals surface area contributed by atoms with Gasteiger partial charge in [0.05, 0.1) is 28.0 Å². The van der Waals surface area contributed by atoms with Crippen LogP contribution in [0.25, 0.3) is 10.9 Å². The van der Waals surface area contributed by atoms with Crippen LogP contribution in [0.15, 0.2) is 63.8 Å². The third-order valence-electron chi connectivity index (χ3n) is 5.53.